The average Bonchev–Trinajstić information content (AvgIpc) is 3.20. The van der Waals surface area contributed by atoms with E-state index in [0.29, 0.717) is 13.0 Å². The summed E-state index contributed by atoms with van der Waals surface area (Å²) in [6.45, 7) is 6.48. The van der Waals surface area contributed by atoms with E-state index in [1.165, 1.54) is 22.3 Å². The molecule has 1 amide bonds. The molecule has 0 saturated carbocycles. The first-order chi connectivity index (χ1) is 14.1. The smallest absolute Gasteiger partial charge is 0.223 e. The SMILES string of the molecule is CCc1ccc(C(C)NC(=NC)NCCCC(=O)N2Cc3ccccc3C2)cc1. The Hall–Kier alpha value is -2.82. The average molecular weight is 393 g/mol. The van der Waals surface area contributed by atoms with Gasteiger partial charge in [0, 0.05) is 33.1 Å². The highest BCUT2D eigenvalue weighted by Crippen LogP contribution is 2.22. The number of hydrogen-bond acceptors (Lipinski definition) is 2. The Bertz CT molecular complexity index is 819. The molecule has 0 spiro atoms. The first-order valence-corrected chi connectivity index (χ1v) is 10.5. The van der Waals surface area contributed by atoms with E-state index in [-0.39, 0.29) is 11.9 Å². The lowest BCUT2D eigenvalue weighted by molar-refractivity contribution is -0.131. The molecular weight excluding hydrogens is 360 g/mol. The molecule has 0 bridgehead atoms. The monoisotopic (exact) mass is 392 g/mol. The third kappa shape index (κ3) is 5.59. The minimum absolute atomic E-state index is 0.164. The molecular formula is C24H32N4O. The van der Waals surface area contributed by atoms with Crippen LogP contribution in [0.25, 0.3) is 0 Å². The van der Waals surface area contributed by atoms with Crippen LogP contribution in [0.1, 0.15) is 55.0 Å². The summed E-state index contributed by atoms with van der Waals surface area (Å²) in [5.74, 6) is 0.980. The second kappa shape index (κ2) is 10.1. The lowest BCUT2D eigenvalue weighted by Gasteiger charge is -2.19. The standard InChI is InChI=1S/C24H32N4O/c1-4-19-11-13-20(14-12-19)18(2)27-24(25-3)26-15-7-10-23(29)28-16-21-8-5-6-9-22(21)17-28/h5-6,8-9,11-14,18H,4,7,10,15-17H2,1-3H3,(H2,25,26,27). The van der Waals surface area contributed by atoms with Crippen molar-refractivity contribution in [2.24, 2.45) is 4.99 Å². The number of carbonyl (C=O) groups is 1. The van der Waals surface area contributed by atoms with Gasteiger partial charge < -0.3 is 15.5 Å². The van der Waals surface area contributed by atoms with Gasteiger partial charge in [-0.05, 0) is 42.0 Å². The lowest BCUT2D eigenvalue weighted by Crippen LogP contribution is -2.39. The van der Waals surface area contributed by atoms with Crippen LogP contribution in [0.2, 0.25) is 0 Å². The summed E-state index contributed by atoms with van der Waals surface area (Å²) in [5, 5.41) is 6.74. The van der Waals surface area contributed by atoms with E-state index in [0.717, 1.165) is 31.9 Å². The summed E-state index contributed by atoms with van der Waals surface area (Å²) in [6.07, 6.45) is 2.38. The molecule has 1 unspecified atom stereocenters. The summed E-state index contributed by atoms with van der Waals surface area (Å²) in [7, 11) is 1.77. The summed E-state index contributed by atoms with van der Waals surface area (Å²) >= 11 is 0. The Labute approximate surface area is 174 Å². The first-order valence-electron chi connectivity index (χ1n) is 10.5. The van der Waals surface area contributed by atoms with Crippen LogP contribution in [0.15, 0.2) is 53.5 Å². The highest BCUT2D eigenvalue weighted by molar-refractivity contribution is 5.80. The van der Waals surface area contributed by atoms with E-state index in [2.05, 4.69) is 65.9 Å². The van der Waals surface area contributed by atoms with Crippen LogP contribution in [0.4, 0.5) is 0 Å². The van der Waals surface area contributed by atoms with Crippen molar-refractivity contribution < 1.29 is 4.79 Å². The van der Waals surface area contributed by atoms with Crippen molar-refractivity contribution in [1.29, 1.82) is 0 Å². The van der Waals surface area contributed by atoms with Gasteiger partial charge in [0.1, 0.15) is 0 Å². The first kappa shape index (κ1) is 20.9. The number of aryl methyl sites for hydroxylation is 1. The normalized spacial score (nSPS) is 14.4. The number of benzene rings is 2. The van der Waals surface area contributed by atoms with Gasteiger partial charge in [0.15, 0.2) is 5.96 Å². The van der Waals surface area contributed by atoms with Gasteiger partial charge in [-0.25, -0.2) is 0 Å². The van der Waals surface area contributed by atoms with Gasteiger partial charge in [-0.15, -0.1) is 0 Å². The molecule has 5 heteroatoms. The molecule has 2 aromatic rings. The zero-order valence-electron chi connectivity index (χ0n) is 17.7. The summed E-state index contributed by atoms with van der Waals surface area (Å²) in [6, 6.07) is 17.1. The molecule has 154 valence electrons. The number of carbonyl (C=O) groups excluding carboxylic acids is 1. The number of hydrogen-bond donors (Lipinski definition) is 2. The van der Waals surface area contributed by atoms with Crippen molar-refractivity contribution in [3.63, 3.8) is 0 Å². The lowest BCUT2D eigenvalue weighted by atomic mass is 10.1. The van der Waals surface area contributed by atoms with E-state index < -0.39 is 0 Å². The number of nitrogens with one attached hydrogen (secondary N) is 2. The van der Waals surface area contributed by atoms with Crippen LogP contribution in [0.3, 0.4) is 0 Å². The molecule has 1 heterocycles. The molecule has 0 fully saturated rings. The van der Waals surface area contributed by atoms with E-state index in [4.69, 9.17) is 0 Å². The summed E-state index contributed by atoms with van der Waals surface area (Å²) < 4.78 is 0. The van der Waals surface area contributed by atoms with Gasteiger partial charge in [0.05, 0.1) is 6.04 Å². The Morgan fingerprint density at radius 1 is 1.10 bits per heavy atom. The maximum Gasteiger partial charge on any atom is 0.223 e. The number of aliphatic imine (C=N–C) groups is 1. The second-order valence-electron chi connectivity index (χ2n) is 7.58. The van der Waals surface area contributed by atoms with Gasteiger partial charge in [-0.3, -0.25) is 9.79 Å². The van der Waals surface area contributed by atoms with E-state index in [1.807, 2.05) is 17.0 Å². The van der Waals surface area contributed by atoms with Crippen molar-refractivity contribution in [2.45, 2.75) is 52.2 Å². The highest BCUT2D eigenvalue weighted by atomic mass is 16.2. The molecule has 5 nitrogen and oxygen atoms in total. The third-order valence-electron chi connectivity index (χ3n) is 5.52. The van der Waals surface area contributed by atoms with Crippen molar-refractivity contribution in [1.82, 2.24) is 15.5 Å². The molecule has 29 heavy (non-hydrogen) atoms. The molecule has 2 N–H and O–H groups in total. The van der Waals surface area contributed by atoms with Crippen molar-refractivity contribution in [2.75, 3.05) is 13.6 Å². The van der Waals surface area contributed by atoms with Crippen molar-refractivity contribution >= 4 is 11.9 Å². The van der Waals surface area contributed by atoms with Crippen LogP contribution in [-0.4, -0.2) is 30.4 Å². The van der Waals surface area contributed by atoms with Gasteiger partial charge in [-0.2, -0.15) is 0 Å². The molecule has 0 radical (unpaired) electrons. The molecule has 1 aliphatic heterocycles. The van der Waals surface area contributed by atoms with Crippen LogP contribution in [0.5, 0.6) is 0 Å². The molecule has 1 atom stereocenters. The fraction of sp³-hybridized carbons (Fsp3) is 0.417. The predicted molar refractivity (Wildman–Crippen MR) is 119 cm³/mol. The minimum atomic E-state index is 0.164. The number of nitrogens with zero attached hydrogens (tertiary/aromatic N) is 2. The second-order valence-corrected chi connectivity index (χ2v) is 7.58. The Kier molecular flexibility index (Phi) is 7.28. The zero-order valence-corrected chi connectivity index (χ0v) is 17.7. The summed E-state index contributed by atoms with van der Waals surface area (Å²) in [4.78, 5) is 18.7. The highest BCUT2D eigenvalue weighted by Gasteiger charge is 2.22. The number of amides is 1. The largest absolute Gasteiger partial charge is 0.356 e. The van der Waals surface area contributed by atoms with Gasteiger partial charge >= 0.3 is 0 Å². The van der Waals surface area contributed by atoms with Gasteiger partial charge in [0.25, 0.3) is 0 Å². The van der Waals surface area contributed by atoms with Crippen LogP contribution in [0, 0.1) is 0 Å². The molecule has 0 aliphatic carbocycles. The molecule has 2 aromatic carbocycles. The fourth-order valence-corrected chi connectivity index (χ4v) is 3.64. The van der Waals surface area contributed by atoms with E-state index in [9.17, 15) is 4.79 Å². The quantitative estimate of drug-likeness (QED) is 0.428. The fourth-order valence-electron chi connectivity index (χ4n) is 3.64. The molecule has 0 aromatic heterocycles. The topological polar surface area (TPSA) is 56.7 Å². The molecule has 1 aliphatic rings. The minimum Gasteiger partial charge on any atom is -0.356 e. The zero-order chi connectivity index (χ0) is 20.6. The number of guanidine groups is 1. The Morgan fingerprint density at radius 3 is 2.34 bits per heavy atom. The maximum absolute atomic E-state index is 12.5. The summed E-state index contributed by atoms with van der Waals surface area (Å²) in [5.41, 5.74) is 5.11. The van der Waals surface area contributed by atoms with Crippen LogP contribution in [-0.2, 0) is 24.3 Å². The predicted octanol–water partition coefficient (Wildman–Crippen LogP) is 3.80. The Balaban J connectivity index is 1.39. The van der Waals surface area contributed by atoms with Crippen molar-refractivity contribution in [3.05, 3.63) is 70.8 Å². The number of fused-ring (bicyclic) bond motifs is 1. The Morgan fingerprint density at radius 2 is 1.76 bits per heavy atom. The third-order valence-corrected chi connectivity index (χ3v) is 5.52. The van der Waals surface area contributed by atoms with Crippen molar-refractivity contribution in [3.8, 4) is 0 Å². The number of rotatable bonds is 7. The molecule has 0 saturated heterocycles. The van der Waals surface area contributed by atoms with Gasteiger partial charge in [0.2, 0.25) is 5.91 Å². The van der Waals surface area contributed by atoms with Crippen LogP contribution < -0.4 is 10.6 Å². The van der Waals surface area contributed by atoms with E-state index in [1.54, 1.807) is 7.05 Å². The van der Waals surface area contributed by atoms with Crippen LogP contribution >= 0.6 is 0 Å². The molecule has 3 rings (SSSR count). The van der Waals surface area contributed by atoms with Gasteiger partial charge in [-0.1, -0.05) is 55.5 Å². The van der Waals surface area contributed by atoms with E-state index >= 15 is 0 Å². The maximum atomic E-state index is 12.5.